The van der Waals surface area contributed by atoms with Gasteiger partial charge in [0.2, 0.25) is 0 Å². The van der Waals surface area contributed by atoms with Gasteiger partial charge in [0.05, 0.1) is 10.7 Å². The number of aryl methyl sites for hydroxylation is 1. The summed E-state index contributed by atoms with van der Waals surface area (Å²) in [7, 11) is 0. The molecule has 1 aromatic heterocycles. The van der Waals surface area contributed by atoms with Crippen molar-refractivity contribution in [2.75, 3.05) is 6.26 Å². The molecule has 0 aliphatic heterocycles. The van der Waals surface area contributed by atoms with Crippen LogP contribution in [0.25, 0.3) is 11.3 Å². The number of halogens is 1. The van der Waals surface area contributed by atoms with Crippen LogP contribution in [0.5, 0.6) is 0 Å². The highest BCUT2D eigenvalue weighted by atomic mass is 35.5. The summed E-state index contributed by atoms with van der Waals surface area (Å²) in [5.74, 6) is -0.141. The number of carbonyl (C=O) groups excluding carboxylic acids is 1. The van der Waals surface area contributed by atoms with Crippen LogP contribution in [0.1, 0.15) is 16.1 Å². The van der Waals surface area contributed by atoms with Crippen LogP contribution >= 0.6 is 23.5 Å². The largest absolute Gasteiger partial charge is 0.296 e. The zero-order valence-corrected chi connectivity index (χ0v) is 12.2. The second-order valence-electron chi connectivity index (χ2n) is 3.99. The van der Waals surface area contributed by atoms with Crippen molar-refractivity contribution < 1.29 is 4.79 Å². The Morgan fingerprint density at radius 1 is 1.32 bits per heavy atom. The number of hydrogen-bond acceptors (Lipinski definition) is 3. The number of amides is 1. The molecule has 0 atom stereocenters. The maximum absolute atomic E-state index is 11.8. The molecule has 0 fully saturated rings. The first-order valence-corrected chi connectivity index (χ1v) is 7.29. The highest BCUT2D eigenvalue weighted by Crippen LogP contribution is 2.27. The number of carbonyl (C=O) groups is 1. The molecule has 0 aliphatic carbocycles. The van der Waals surface area contributed by atoms with Crippen LogP contribution in [-0.4, -0.2) is 17.1 Å². The first-order chi connectivity index (χ1) is 9.11. The topological polar surface area (TPSA) is 42.0 Å². The van der Waals surface area contributed by atoms with Gasteiger partial charge in [0, 0.05) is 23.1 Å². The van der Waals surface area contributed by atoms with Gasteiger partial charge in [-0.05, 0) is 37.3 Å². The SMILES string of the molecule is CSNC(=O)c1ccc(Cl)c(-c2cccc(C)n2)c1. The van der Waals surface area contributed by atoms with Crippen LogP contribution in [-0.2, 0) is 0 Å². The maximum atomic E-state index is 11.8. The van der Waals surface area contributed by atoms with E-state index in [9.17, 15) is 4.79 Å². The average molecular weight is 293 g/mol. The summed E-state index contributed by atoms with van der Waals surface area (Å²) in [6.45, 7) is 1.92. The Labute approximate surface area is 121 Å². The van der Waals surface area contributed by atoms with Crippen LogP contribution in [0.3, 0.4) is 0 Å². The summed E-state index contributed by atoms with van der Waals surface area (Å²) in [5, 5.41) is 0.582. The van der Waals surface area contributed by atoms with Crippen LogP contribution in [0.2, 0.25) is 5.02 Å². The van der Waals surface area contributed by atoms with Gasteiger partial charge in [-0.3, -0.25) is 14.5 Å². The smallest absolute Gasteiger partial charge is 0.261 e. The summed E-state index contributed by atoms with van der Waals surface area (Å²) >= 11 is 7.45. The quantitative estimate of drug-likeness (QED) is 0.877. The van der Waals surface area contributed by atoms with E-state index in [0.29, 0.717) is 10.6 Å². The molecule has 19 heavy (non-hydrogen) atoms. The molecular weight excluding hydrogens is 280 g/mol. The Hall–Kier alpha value is -1.52. The highest BCUT2D eigenvalue weighted by molar-refractivity contribution is 7.97. The van der Waals surface area contributed by atoms with Gasteiger partial charge in [0.1, 0.15) is 0 Å². The van der Waals surface area contributed by atoms with Crippen molar-refractivity contribution in [1.82, 2.24) is 9.71 Å². The Morgan fingerprint density at radius 3 is 2.79 bits per heavy atom. The van der Waals surface area contributed by atoms with E-state index in [0.717, 1.165) is 17.0 Å². The molecule has 0 aliphatic rings. The van der Waals surface area contributed by atoms with Crippen LogP contribution in [0.15, 0.2) is 36.4 Å². The van der Waals surface area contributed by atoms with Crippen LogP contribution in [0.4, 0.5) is 0 Å². The van der Waals surface area contributed by atoms with E-state index in [1.165, 1.54) is 11.9 Å². The molecule has 1 N–H and O–H groups in total. The van der Waals surface area contributed by atoms with Gasteiger partial charge in [0.25, 0.3) is 5.91 Å². The number of hydrogen-bond donors (Lipinski definition) is 1. The number of nitrogens with zero attached hydrogens (tertiary/aromatic N) is 1. The molecule has 1 heterocycles. The fraction of sp³-hybridized carbons (Fsp3) is 0.143. The molecule has 3 nitrogen and oxygen atoms in total. The number of nitrogens with one attached hydrogen (secondary N) is 1. The summed E-state index contributed by atoms with van der Waals surface area (Å²) in [6, 6.07) is 10.9. The predicted octanol–water partition coefficient (Wildman–Crippen LogP) is 3.72. The molecule has 1 amide bonds. The third-order valence-electron chi connectivity index (χ3n) is 2.59. The Bertz CT molecular complexity index is 616. The third kappa shape index (κ3) is 3.28. The van der Waals surface area contributed by atoms with Crippen LogP contribution < -0.4 is 4.72 Å². The number of rotatable bonds is 3. The number of benzene rings is 1. The lowest BCUT2D eigenvalue weighted by Gasteiger charge is -2.07. The molecule has 1 aromatic carbocycles. The van der Waals surface area contributed by atoms with Crippen molar-refractivity contribution in [1.29, 1.82) is 0 Å². The molecule has 0 radical (unpaired) electrons. The minimum absolute atomic E-state index is 0.141. The Morgan fingerprint density at radius 2 is 2.11 bits per heavy atom. The minimum atomic E-state index is -0.141. The molecule has 2 aromatic rings. The predicted molar refractivity (Wildman–Crippen MR) is 80.4 cm³/mol. The van der Waals surface area contributed by atoms with Crippen molar-refractivity contribution in [3.05, 3.63) is 52.7 Å². The molecular formula is C14H13ClN2OS. The maximum Gasteiger partial charge on any atom is 0.261 e. The van der Waals surface area contributed by atoms with Crippen molar-refractivity contribution in [3.8, 4) is 11.3 Å². The lowest BCUT2D eigenvalue weighted by molar-refractivity contribution is 0.0984. The molecule has 0 saturated carbocycles. The van der Waals surface area contributed by atoms with Gasteiger partial charge in [-0.2, -0.15) is 0 Å². The lowest BCUT2D eigenvalue weighted by atomic mass is 10.1. The van der Waals surface area contributed by atoms with E-state index in [4.69, 9.17) is 11.6 Å². The first kappa shape index (κ1) is 13.9. The first-order valence-electron chi connectivity index (χ1n) is 5.68. The minimum Gasteiger partial charge on any atom is -0.296 e. The molecule has 98 valence electrons. The third-order valence-corrected chi connectivity index (χ3v) is 3.31. The number of pyridine rings is 1. The summed E-state index contributed by atoms with van der Waals surface area (Å²) < 4.78 is 2.69. The van der Waals surface area contributed by atoms with Gasteiger partial charge < -0.3 is 0 Å². The Kier molecular flexibility index (Phi) is 4.45. The van der Waals surface area contributed by atoms with E-state index < -0.39 is 0 Å². The van der Waals surface area contributed by atoms with Gasteiger partial charge in [-0.15, -0.1) is 0 Å². The van der Waals surface area contributed by atoms with E-state index in [2.05, 4.69) is 9.71 Å². The summed E-state index contributed by atoms with van der Waals surface area (Å²) in [6.07, 6.45) is 1.80. The molecule has 5 heteroatoms. The second-order valence-corrected chi connectivity index (χ2v) is 5.01. The second kappa shape index (κ2) is 6.08. The standard InChI is InChI=1S/C14H13ClN2OS/c1-9-4-3-5-13(16-9)11-8-10(6-7-12(11)15)14(18)17-19-2/h3-8H,1-2H3,(H,17,18). The van der Waals surface area contributed by atoms with Crippen molar-refractivity contribution in [3.63, 3.8) is 0 Å². The van der Waals surface area contributed by atoms with Gasteiger partial charge >= 0.3 is 0 Å². The molecule has 0 bridgehead atoms. The zero-order chi connectivity index (χ0) is 13.8. The lowest BCUT2D eigenvalue weighted by Crippen LogP contribution is -2.15. The van der Waals surface area contributed by atoms with E-state index in [1.807, 2.05) is 25.1 Å². The highest BCUT2D eigenvalue weighted by Gasteiger charge is 2.10. The van der Waals surface area contributed by atoms with Gasteiger partial charge in [-0.25, -0.2) is 0 Å². The molecule has 0 saturated heterocycles. The van der Waals surface area contributed by atoms with Crippen LogP contribution in [0, 0.1) is 6.92 Å². The van der Waals surface area contributed by atoms with E-state index in [-0.39, 0.29) is 5.91 Å². The van der Waals surface area contributed by atoms with Crippen molar-refractivity contribution in [2.24, 2.45) is 0 Å². The average Bonchev–Trinajstić information content (AvgIpc) is 2.39. The van der Waals surface area contributed by atoms with Crippen molar-refractivity contribution in [2.45, 2.75) is 6.92 Å². The monoisotopic (exact) mass is 292 g/mol. The molecule has 0 spiro atoms. The van der Waals surface area contributed by atoms with E-state index in [1.54, 1.807) is 24.5 Å². The van der Waals surface area contributed by atoms with Gasteiger partial charge in [0.15, 0.2) is 0 Å². The fourth-order valence-corrected chi connectivity index (χ4v) is 2.23. The van der Waals surface area contributed by atoms with Gasteiger partial charge in [-0.1, -0.05) is 29.6 Å². The molecule has 2 rings (SSSR count). The van der Waals surface area contributed by atoms with Crippen molar-refractivity contribution >= 4 is 29.5 Å². The summed E-state index contributed by atoms with van der Waals surface area (Å²) in [4.78, 5) is 16.2. The molecule has 0 unspecified atom stereocenters. The fourth-order valence-electron chi connectivity index (χ4n) is 1.71. The summed E-state index contributed by atoms with van der Waals surface area (Å²) in [5.41, 5.74) is 3.01. The number of aromatic nitrogens is 1. The Balaban J connectivity index is 2.45. The van der Waals surface area contributed by atoms with E-state index >= 15 is 0 Å². The normalized spacial score (nSPS) is 10.3. The zero-order valence-electron chi connectivity index (χ0n) is 10.6.